The predicted octanol–water partition coefficient (Wildman–Crippen LogP) is 1.16. The van der Waals surface area contributed by atoms with Crippen molar-refractivity contribution in [2.24, 2.45) is 5.73 Å². The fourth-order valence-corrected chi connectivity index (χ4v) is 1.88. The molecule has 1 aromatic carbocycles. The molecule has 0 radical (unpaired) electrons. The number of rotatable bonds is 0. The minimum Gasteiger partial charge on any atom is -0.387 e. The van der Waals surface area contributed by atoms with Crippen molar-refractivity contribution in [2.75, 3.05) is 0 Å². The Balaban J connectivity index is 2.52. The Morgan fingerprint density at radius 2 is 1.83 bits per heavy atom. The molecule has 2 nitrogen and oxygen atoms in total. The first-order chi connectivity index (χ1) is 5.72. The average Bonchev–Trinajstić information content (AvgIpc) is 2.33. The van der Waals surface area contributed by atoms with E-state index in [0.29, 0.717) is 0 Å². The van der Waals surface area contributed by atoms with Crippen molar-refractivity contribution in [3.8, 4) is 0 Å². The SMILES string of the molecule is CC1c2ccccc2C(O)C1N. The molecule has 0 aromatic heterocycles. The molecule has 64 valence electrons. The van der Waals surface area contributed by atoms with Crippen LogP contribution in [-0.2, 0) is 0 Å². The number of hydrogen-bond donors (Lipinski definition) is 2. The van der Waals surface area contributed by atoms with E-state index in [1.807, 2.05) is 24.3 Å². The maximum Gasteiger partial charge on any atom is 0.0949 e. The van der Waals surface area contributed by atoms with Crippen LogP contribution in [0.2, 0.25) is 0 Å². The summed E-state index contributed by atoms with van der Waals surface area (Å²) in [7, 11) is 0. The second-order valence-corrected chi connectivity index (χ2v) is 3.44. The second-order valence-electron chi connectivity index (χ2n) is 3.44. The van der Waals surface area contributed by atoms with Crippen molar-refractivity contribution in [1.82, 2.24) is 0 Å². The summed E-state index contributed by atoms with van der Waals surface area (Å²) in [6, 6.07) is 7.77. The summed E-state index contributed by atoms with van der Waals surface area (Å²) < 4.78 is 0. The summed E-state index contributed by atoms with van der Waals surface area (Å²) in [5.74, 6) is 0.274. The third-order valence-corrected chi connectivity index (χ3v) is 2.75. The van der Waals surface area contributed by atoms with Gasteiger partial charge < -0.3 is 10.8 Å². The quantitative estimate of drug-likeness (QED) is 0.603. The monoisotopic (exact) mass is 163 g/mol. The van der Waals surface area contributed by atoms with Crippen LogP contribution in [0.1, 0.15) is 30.1 Å². The molecule has 0 saturated carbocycles. The molecule has 2 rings (SSSR count). The van der Waals surface area contributed by atoms with E-state index in [1.54, 1.807) is 0 Å². The van der Waals surface area contributed by atoms with Gasteiger partial charge in [0.25, 0.3) is 0 Å². The Kier molecular flexibility index (Phi) is 1.67. The van der Waals surface area contributed by atoms with Crippen LogP contribution in [0, 0.1) is 0 Å². The van der Waals surface area contributed by atoms with E-state index in [2.05, 4.69) is 6.92 Å². The van der Waals surface area contributed by atoms with Gasteiger partial charge in [-0.05, 0) is 17.0 Å². The van der Waals surface area contributed by atoms with Crippen LogP contribution < -0.4 is 5.73 Å². The normalized spacial score (nSPS) is 33.4. The lowest BCUT2D eigenvalue weighted by atomic mass is 10.0. The number of benzene rings is 1. The Morgan fingerprint density at radius 3 is 2.42 bits per heavy atom. The van der Waals surface area contributed by atoms with Gasteiger partial charge >= 0.3 is 0 Å². The molecular weight excluding hydrogens is 150 g/mol. The summed E-state index contributed by atoms with van der Waals surface area (Å²) in [5, 5.41) is 9.70. The van der Waals surface area contributed by atoms with Gasteiger partial charge in [-0.3, -0.25) is 0 Å². The number of hydrogen-bond acceptors (Lipinski definition) is 2. The Hall–Kier alpha value is -0.860. The zero-order chi connectivity index (χ0) is 8.72. The van der Waals surface area contributed by atoms with Crippen molar-refractivity contribution in [3.63, 3.8) is 0 Å². The first kappa shape index (κ1) is 7.77. The van der Waals surface area contributed by atoms with Gasteiger partial charge in [0.15, 0.2) is 0 Å². The van der Waals surface area contributed by atoms with Crippen LogP contribution >= 0.6 is 0 Å². The fraction of sp³-hybridized carbons (Fsp3) is 0.400. The molecule has 3 atom stereocenters. The highest BCUT2D eigenvalue weighted by Gasteiger charge is 2.33. The molecule has 0 spiro atoms. The van der Waals surface area contributed by atoms with Gasteiger partial charge in [0, 0.05) is 6.04 Å². The molecule has 0 bridgehead atoms. The fourth-order valence-electron chi connectivity index (χ4n) is 1.88. The van der Waals surface area contributed by atoms with E-state index in [1.165, 1.54) is 5.56 Å². The van der Waals surface area contributed by atoms with Crippen molar-refractivity contribution in [2.45, 2.75) is 25.0 Å². The standard InChI is InChI=1S/C10H13NO/c1-6-7-4-2-3-5-8(7)10(12)9(6)11/h2-6,9-10,12H,11H2,1H3. The van der Waals surface area contributed by atoms with Crippen molar-refractivity contribution in [3.05, 3.63) is 35.4 Å². The molecule has 0 fully saturated rings. The maximum atomic E-state index is 9.70. The summed E-state index contributed by atoms with van der Waals surface area (Å²) in [6.45, 7) is 2.06. The van der Waals surface area contributed by atoms with E-state index in [4.69, 9.17) is 5.73 Å². The highest BCUT2D eigenvalue weighted by Crippen LogP contribution is 2.38. The van der Waals surface area contributed by atoms with Gasteiger partial charge in [-0.25, -0.2) is 0 Å². The van der Waals surface area contributed by atoms with Crippen LogP contribution in [0.15, 0.2) is 24.3 Å². The van der Waals surface area contributed by atoms with Gasteiger partial charge in [-0.15, -0.1) is 0 Å². The Bertz CT molecular complexity index is 269. The lowest BCUT2D eigenvalue weighted by Crippen LogP contribution is -2.27. The highest BCUT2D eigenvalue weighted by molar-refractivity contribution is 5.39. The molecule has 3 unspecified atom stereocenters. The number of aliphatic hydroxyl groups is 1. The average molecular weight is 163 g/mol. The molecule has 1 aliphatic carbocycles. The smallest absolute Gasteiger partial charge is 0.0949 e. The van der Waals surface area contributed by atoms with Crippen molar-refractivity contribution < 1.29 is 5.11 Å². The van der Waals surface area contributed by atoms with Crippen molar-refractivity contribution in [1.29, 1.82) is 0 Å². The van der Waals surface area contributed by atoms with Gasteiger partial charge in [0.2, 0.25) is 0 Å². The largest absolute Gasteiger partial charge is 0.387 e. The van der Waals surface area contributed by atoms with Crippen LogP contribution in [0.25, 0.3) is 0 Å². The highest BCUT2D eigenvalue weighted by atomic mass is 16.3. The third-order valence-electron chi connectivity index (χ3n) is 2.75. The lowest BCUT2D eigenvalue weighted by Gasteiger charge is -2.12. The lowest BCUT2D eigenvalue weighted by molar-refractivity contribution is 0.152. The Morgan fingerprint density at radius 1 is 1.25 bits per heavy atom. The molecule has 12 heavy (non-hydrogen) atoms. The van der Waals surface area contributed by atoms with E-state index in [0.717, 1.165) is 5.56 Å². The first-order valence-corrected chi connectivity index (χ1v) is 4.24. The summed E-state index contributed by atoms with van der Waals surface area (Å²) in [4.78, 5) is 0. The van der Waals surface area contributed by atoms with E-state index in [-0.39, 0.29) is 12.0 Å². The van der Waals surface area contributed by atoms with Gasteiger partial charge in [-0.1, -0.05) is 31.2 Å². The first-order valence-electron chi connectivity index (χ1n) is 4.24. The predicted molar refractivity (Wildman–Crippen MR) is 47.8 cm³/mol. The third kappa shape index (κ3) is 0.886. The van der Waals surface area contributed by atoms with Crippen LogP contribution in [0.4, 0.5) is 0 Å². The molecule has 1 aliphatic rings. The zero-order valence-corrected chi connectivity index (χ0v) is 7.07. The van der Waals surface area contributed by atoms with E-state index >= 15 is 0 Å². The molecular formula is C10H13NO. The summed E-state index contributed by atoms with van der Waals surface area (Å²) in [6.07, 6.45) is -0.476. The van der Waals surface area contributed by atoms with E-state index in [9.17, 15) is 5.11 Å². The second kappa shape index (κ2) is 2.57. The summed E-state index contributed by atoms with van der Waals surface area (Å²) in [5.41, 5.74) is 8.01. The van der Waals surface area contributed by atoms with Crippen LogP contribution in [0.3, 0.4) is 0 Å². The number of fused-ring (bicyclic) bond motifs is 1. The van der Waals surface area contributed by atoms with E-state index < -0.39 is 6.10 Å². The minimum atomic E-state index is -0.476. The Labute approximate surface area is 72.0 Å². The van der Waals surface area contributed by atoms with Gasteiger partial charge in [0.1, 0.15) is 0 Å². The van der Waals surface area contributed by atoms with Crippen molar-refractivity contribution >= 4 is 0 Å². The summed E-state index contributed by atoms with van der Waals surface area (Å²) >= 11 is 0. The maximum absolute atomic E-state index is 9.70. The molecule has 0 saturated heterocycles. The number of nitrogens with two attached hydrogens (primary N) is 1. The van der Waals surface area contributed by atoms with Crippen LogP contribution in [0.5, 0.6) is 0 Å². The van der Waals surface area contributed by atoms with Crippen LogP contribution in [-0.4, -0.2) is 11.1 Å². The molecule has 0 amide bonds. The topological polar surface area (TPSA) is 46.2 Å². The molecule has 3 N–H and O–H groups in total. The minimum absolute atomic E-state index is 0.137. The molecule has 0 aliphatic heterocycles. The number of aliphatic hydroxyl groups excluding tert-OH is 1. The zero-order valence-electron chi connectivity index (χ0n) is 7.07. The molecule has 0 heterocycles. The molecule has 2 heteroatoms. The molecule has 1 aromatic rings. The van der Waals surface area contributed by atoms with Gasteiger partial charge in [0.05, 0.1) is 6.10 Å². The van der Waals surface area contributed by atoms with Gasteiger partial charge in [-0.2, -0.15) is 0 Å².